The van der Waals surface area contributed by atoms with Gasteiger partial charge in [0, 0.05) is 12.1 Å². The lowest BCUT2D eigenvalue weighted by molar-refractivity contribution is 0.214. The number of rotatable bonds is 4. The van der Waals surface area contributed by atoms with Gasteiger partial charge in [-0.1, -0.05) is 35.5 Å². The quantitative estimate of drug-likeness (QED) is 0.941. The Morgan fingerprint density at radius 1 is 1.27 bits per heavy atom. The number of allylic oxidation sites excluding steroid dienone is 2. The van der Waals surface area contributed by atoms with E-state index in [1.165, 1.54) is 0 Å². The third kappa shape index (κ3) is 2.88. The van der Waals surface area contributed by atoms with Gasteiger partial charge in [-0.2, -0.15) is 0 Å². The van der Waals surface area contributed by atoms with Crippen molar-refractivity contribution in [3.8, 4) is 11.3 Å². The Morgan fingerprint density at radius 2 is 2.05 bits per heavy atom. The van der Waals surface area contributed by atoms with Gasteiger partial charge in [-0.25, -0.2) is 4.68 Å². The molecule has 0 spiro atoms. The molecule has 1 aromatic heterocycles. The summed E-state index contributed by atoms with van der Waals surface area (Å²) in [5.74, 6) is 0.387. The Hall–Kier alpha value is -2.56. The van der Waals surface area contributed by atoms with E-state index in [0.29, 0.717) is 5.76 Å². The van der Waals surface area contributed by atoms with Crippen LogP contribution in [0.2, 0.25) is 0 Å². The number of benzene rings is 1. The maximum Gasteiger partial charge on any atom is 0.114 e. The SMILES string of the molecule is CC1C(O)=CC=CN1CC(C)n1cc(-c2ccccc2)nn1. The molecule has 0 radical (unpaired) electrons. The second kappa shape index (κ2) is 6.05. The summed E-state index contributed by atoms with van der Waals surface area (Å²) in [4.78, 5) is 2.10. The minimum absolute atomic E-state index is 0.00966. The van der Waals surface area contributed by atoms with Gasteiger partial charge in [0.1, 0.15) is 11.5 Å². The van der Waals surface area contributed by atoms with E-state index in [9.17, 15) is 5.11 Å². The molecule has 0 saturated heterocycles. The summed E-state index contributed by atoms with van der Waals surface area (Å²) in [6.07, 6.45) is 7.55. The lowest BCUT2D eigenvalue weighted by atomic mass is 10.1. The van der Waals surface area contributed by atoms with Crippen molar-refractivity contribution in [1.82, 2.24) is 19.9 Å². The minimum Gasteiger partial charge on any atom is -0.510 e. The standard InChI is InChI=1S/C17H20N4O/c1-13(11-20-10-6-9-17(22)14(20)2)21-12-16(18-19-21)15-7-4-3-5-8-15/h3-10,12-14,22H,11H2,1-2H3. The van der Waals surface area contributed by atoms with Crippen molar-refractivity contribution < 1.29 is 5.11 Å². The molecule has 1 aliphatic heterocycles. The predicted octanol–water partition coefficient (Wildman–Crippen LogP) is 3.17. The topological polar surface area (TPSA) is 54.2 Å². The number of hydrogen-bond acceptors (Lipinski definition) is 4. The third-order valence-electron chi connectivity index (χ3n) is 3.98. The van der Waals surface area contributed by atoms with E-state index in [4.69, 9.17) is 0 Å². The van der Waals surface area contributed by atoms with Gasteiger partial charge < -0.3 is 10.0 Å². The molecule has 5 heteroatoms. The Bertz CT molecular complexity index is 690. The molecule has 0 aliphatic carbocycles. The molecule has 2 heterocycles. The van der Waals surface area contributed by atoms with E-state index >= 15 is 0 Å². The Kier molecular flexibility index (Phi) is 3.96. The molecule has 5 nitrogen and oxygen atoms in total. The molecule has 0 saturated carbocycles. The van der Waals surface area contributed by atoms with E-state index in [1.54, 1.807) is 6.08 Å². The zero-order chi connectivity index (χ0) is 15.5. The molecular formula is C17H20N4O. The lowest BCUT2D eigenvalue weighted by Gasteiger charge is -2.31. The van der Waals surface area contributed by atoms with Gasteiger partial charge in [-0.05, 0) is 32.2 Å². The molecular weight excluding hydrogens is 276 g/mol. The number of aromatic nitrogens is 3. The molecule has 1 aliphatic rings. The van der Waals surface area contributed by atoms with Crippen LogP contribution in [0.1, 0.15) is 19.9 Å². The average molecular weight is 296 g/mol. The van der Waals surface area contributed by atoms with E-state index < -0.39 is 0 Å². The van der Waals surface area contributed by atoms with Gasteiger partial charge in [-0.3, -0.25) is 0 Å². The van der Waals surface area contributed by atoms with Crippen LogP contribution in [-0.4, -0.2) is 37.6 Å². The van der Waals surface area contributed by atoms with Crippen molar-refractivity contribution in [2.75, 3.05) is 6.54 Å². The van der Waals surface area contributed by atoms with Crippen LogP contribution in [0.3, 0.4) is 0 Å². The first-order chi connectivity index (χ1) is 10.6. The zero-order valence-electron chi connectivity index (χ0n) is 12.8. The van der Waals surface area contributed by atoms with E-state index in [-0.39, 0.29) is 12.1 Å². The normalized spacial score (nSPS) is 19.1. The van der Waals surface area contributed by atoms with Gasteiger partial charge in [-0.15, -0.1) is 5.10 Å². The summed E-state index contributed by atoms with van der Waals surface area (Å²) >= 11 is 0. The zero-order valence-corrected chi connectivity index (χ0v) is 12.8. The summed E-state index contributed by atoms with van der Waals surface area (Å²) in [6.45, 7) is 4.84. The maximum atomic E-state index is 9.82. The molecule has 2 aromatic rings. The molecule has 1 N–H and O–H groups in total. The van der Waals surface area contributed by atoms with Gasteiger partial charge in [0.25, 0.3) is 0 Å². The molecule has 0 bridgehead atoms. The Labute approximate surface area is 130 Å². The molecule has 3 rings (SSSR count). The van der Waals surface area contributed by atoms with Gasteiger partial charge in [0.05, 0.1) is 18.3 Å². The summed E-state index contributed by atoms with van der Waals surface area (Å²) in [6, 6.07) is 10.2. The number of aliphatic hydroxyl groups is 1. The number of hydrogen-bond donors (Lipinski definition) is 1. The van der Waals surface area contributed by atoms with Crippen molar-refractivity contribution in [2.45, 2.75) is 25.9 Å². The highest BCUT2D eigenvalue weighted by Crippen LogP contribution is 2.20. The average Bonchev–Trinajstić information content (AvgIpc) is 3.03. The van der Waals surface area contributed by atoms with Crippen molar-refractivity contribution in [3.05, 3.63) is 60.6 Å². The van der Waals surface area contributed by atoms with Crippen LogP contribution in [-0.2, 0) is 0 Å². The van der Waals surface area contributed by atoms with E-state index in [2.05, 4.69) is 22.1 Å². The largest absolute Gasteiger partial charge is 0.510 e. The number of nitrogens with zero attached hydrogens (tertiary/aromatic N) is 4. The van der Waals surface area contributed by atoms with Crippen LogP contribution in [0.15, 0.2) is 60.6 Å². The van der Waals surface area contributed by atoms with Crippen LogP contribution >= 0.6 is 0 Å². The van der Waals surface area contributed by atoms with E-state index in [1.807, 2.05) is 60.4 Å². The van der Waals surface area contributed by atoms with Crippen LogP contribution in [0, 0.1) is 0 Å². The molecule has 0 amide bonds. The fourth-order valence-corrected chi connectivity index (χ4v) is 2.53. The fourth-order valence-electron chi connectivity index (χ4n) is 2.53. The second-order valence-electron chi connectivity index (χ2n) is 5.60. The first-order valence-electron chi connectivity index (χ1n) is 7.45. The second-order valence-corrected chi connectivity index (χ2v) is 5.60. The van der Waals surface area contributed by atoms with Gasteiger partial charge >= 0.3 is 0 Å². The predicted molar refractivity (Wildman–Crippen MR) is 86.2 cm³/mol. The summed E-state index contributed by atoms with van der Waals surface area (Å²) < 4.78 is 1.87. The first kappa shape index (κ1) is 14.4. The summed E-state index contributed by atoms with van der Waals surface area (Å²) in [7, 11) is 0. The van der Waals surface area contributed by atoms with Crippen molar-refractivity contribution in [2.24, 2.45) is 0 Å². The van der Waals surface area contributed by atoms with Crippen LogP contribution < -0.4 is 0 Å². The molecule has 0 fully saturated rings. The van der Waals surface area contributed by atoms with Crippen molar-refractivity contribution in [3.63, 3.8) is 0 Å². The monoisotopic (exact) mass is 296 g/mol. The fraction of sp³-hybridized carbons (Fsp3) is 0.294. The van der Waals surface area contributed by atoms with Crippen molar-refractivity contribution >= 4 is 0 Å². The highest BCUT2D eigenvalue weighted by atomic mass is 16.3. The van der Waals surface area contributed by atoms with Gasteiger partial charge in [0.2, 0.25) is 0 Å². The third-order valence-corrected chi connectivity index (χ3v) is 3.98. The number of aliphatic hydroxyl groups excluding tert-OH is 1. The molecule has 1 aromatic carbocycles. The smallest absolute Gasteiger partial charge is 0.114 e. The Morgan fingerprint density at radius 3 is 2.82 bits per heavy atom. The highest BCUT2D eigenvalue weighted by molar-refractivity contribution is 5.57. The summed E-state index contributed by atoms with van der Waals surface area (Å²) in [5, 5.41) is 18.3. The highest BCUT2D eigenvalue weighted by Gasteiger charge is 2.20. The molecule has 2 atom stereocenters. The molecule has 22 heavy (non-hydrogen) atoms. The Balaban J connectivity index is 1.71. The lowest BCUT2D eigenvalue weighted by Crippen LogP contribution is -2.35. The molecule has 114 valence electrons. The van der Waals surface area contributed by atoms with E-state index in [0.717, 1.165) is 17.8 Å². The van der Waals surface area contributed by atoms with Gasteiger partial charge in [0.15, 0.2) is 0 Å². The summed E-state index contributed by atoms with van der Waals surface area (Å²) in [5.41, 5.74) is 1.94. The molecule has 2 unspecified atom stereocenters. The maximum absolute atomic E-state index is 9.82. The minimum atomic E-state index is -0.00966. The van der Waals surface area contributed by atoms with Crippen LogP contribution in [0.4, 0.5) is 0 Å². The van der Waals surface area contributed by atoms with Crippen LogP contribution in [0.25, 0.3) is 11.3 Å². The first-order valence-corrected chi connectivity index (χ1v) is 7.45. The van der Waals surface area contributed by atoms with Crippen molar-refractivity contribution in [1.29, 1.82) is 0 Å². The van der Waals surface area contributed by atoms with Crippen LogP contribution in [0.5, 0.6) is 0 Å².